The number of benzene rings is 2. The quantitative estimate of drug-likeness (QED) is 0.702. The largest absolute Gasteiger partial charge is 0.504 e. The highest BCUT2D eigenvalue weighted by Crippen LogP contribution is 2.43. The van der Waals surface area contributed by atoms with Crippen LogP contribution in [0.15, 0.2) is 33.5 Å². The minimum absolute atomic E-state index is 0.00913. The van der Waals surface area contributed by atoms with Gasteiger partial charge in [-0.2, -0.15) is 0 Å². The molecule has 142 valence electrons. The molecule has 3 rings (SSSR count). The van der Waals surface area contributed by atoms with Gasteiger partial charge in [0.15, 0.2) is 28.4 Å². The maximum absolute atomic E-state index is 12.6. The molecule has 2 N–H and O–H groups in total. The highest BCUT2D eigenvalue weighted by molar-refractivity contribution is 5.89. The van der Waals surface area contributed by atoms with Crippen LogP contribution in [0.4, 0.5) is 0 Å². The van der Waals surface area contributed by atoms with Crippen molar-refractivity contribution in [3.63, 3.8) is 0 Å². The second-order valence-corrected chi connectivity index (χ2v) is 5.53. The van der Waals surface area contributed by atoms with Crippen LogP contribution in [0.5, 0.6) is 34.5 Å². The van der Waals surface area contributed by atoms with Gasteiger partial charge in [0.2, 0.25) is 5.75 Å². The molecule has 0 unspecified atom stereocenters. The Bertz CT molecular complexity index is 1070. The van der Waals surface area contributed by atoms with Crippen molar-refractivity contribution in [1.82, 2.24) is 0 Å². The van der Waals surface area contributed by atoms with E-state index in [1.54, 1.807) is 12.1 Å². The van der Waals surface area contributed by atoms with Crippen molar-refractivity contribution in [3.05, 3.63) is 34.5 Å². The van der Waals surface area contributed by atoms with Crippen molar-refractivity contribution in [2.24, 2.45) is 0 Å². The standard InChI is InChI=1S/C19H18O8/c1-23-12-8-15(25-3)14(24-2)5-9(12)13-6-10(20)17-16(27-13)7-11(21)19(26-4)18(17)22/h5-8,21-22H,1-4H3. The zero-order valence-electron chi connectivity index (χ0n) is 15.2. The van der Waals surface area contributed by atoms with Crippen LogP contribution in [0.3, 0.4) is 0 Å². The Morgan fingerprint density at radius 1 is 0.815 bits per heavy atom. The first-order valence-electron chi connectivity index (χ1n) is 7.82. The Labute approximate surface area is 154 Å². The van der Waals surface area contributed by atoms with E-state index < -0.39 is 11.2 Å². The highest BCUT2D eigenvalue weighted by atomic mass is 16.5. The molecule has 0 saturated carbocycles. The average Bonchev–Trinajstić information content (AvgIpc) is 2.66. The lowest BCUT2D eigenvalue weighted by molar-refractivity contribution is 0.346. The molecule has 0 aliphatic rings. The first-order chi connectivity index (χ1) is 12.9. The molecule has 0 radical (unpaired) electrons. The zero-order chi connectivity index (χ0) is 19.7. The van der Waals surface area contributed by atoms with Gasteiger partial charge < -0.3 is 33.6 Å². The summed E-state index contributed by atoms with van der Waals surface area (Å²) < 4.78 is 26.6. The third-order valence-electron chi connectivity index (χ3n) is 4.10. The van der Waals surface area contributed by atoms with Gasteiger partial charge in [0.1, 0.15) is 22.5 Å². The third-order valence-corrected chi connectivity index (χ3v) is 4.10. The van der Waals surface area contributed by atoms with Gasteiger partial charge in [-0.3, -0.25) is 4.79 Å². The van der Waals surface area contributed by atoms with Gasteiger partial charge in [0.25, 0.3) is 0 Å². The molecule has 0 aliphatic carbocycles. The molecule has 0 saturated heterocycles. The van der Waals surface area contributed by atoms with Gasteiger partial charge >= 0.3 is 0 Å². The summed E-state index contributed by atoms with van der Waals surface area (Å²) in [4.78, 5) is 12.6. The molecule has 1 heterocycles. The maximum atomic E-state index is 12.6. The Kier molecular flexibility index (Phi) is 4.72. The number of fused-ring (bicyclic) bond motifs is 1. The summed E-state index contributed by atoms with van der Waals surface area (Å²) in [6.07, 6.45) is 0. The lowest BCUT2D eigenvalue weighted by Crippen LogP contribution is -2.03. The van der Waals surface area contributed by atoms with E-state index in [2.05, 4.69) is 0 Å². The molecule has 2 aromatic carbocycles. The van der Waals surface area contributed by atoms with Crippen LogP contribution < -0.4 is 24.4 Å². The summed E-state index contributed by atoms with van der Waals surface area (Å²) in [6, 6.07) is 5.61. The second kappa shape index (κ2) is 6.99. The Morgan fingerprint density at radius 2 is 1.44 bits per heavy atom. The van der Waals surface area contributed by atoms with Crippen LogP contribution in [0.1, 0.15) is 0 Å². The Hall–Kier alpha value is -3.55. The molecular formula is C19H18O8. The van der Waals surface area contributed by atoms with E-state index >= 15 is 0 Å². The number of hydrogen-bond acceptors (Lipinski definition) is 8. The molecule has 3 aromatic rings. The van der Waals surface area contributed by atoms with E-state index in [-0.39, 0.29) is 28.2 Å². The fraction of sp³-hybridized carbons (Fsp3) is 0.211. The molecule has 1 aromatic heterocycles. The van der Waals surface area contributed by atoms with Crippen molar-refractivity contribution < 1.29 is 33.6 Å². The summed E-state index contributed by atoms with van der Waals surface area (Å²) >= 11 is 0. The Morgan fingerprint density at radius 3 is 2.04 bits per heavy atom. The number of methoxy groups -OCH3 is 4. The SMILES string of the molecule is COc1cc(OC)c(-c2cc(=O)c3c(O)c(OC)c(O)cc3o2)cc1OC. The van der Waals surface area contributed by atoms with Crippen molar-refractivity contribution in [1.29, 1.82) is 0 Å². The second-order valence-electron chi connectivity index (χ2n) is 5.53. The number of aromatic hydroxyl groups is 2. The first kappa shape index (κ1) is 18.2. The van der Waals surface area contributed by atoms with E-state index in [0.29, 0.717) is 22.8 Å². The van der Waals surface area contributed by atoms with Crippen molar-refractivity contribution >= 4 is 11.0 Å². The van der Waals surface area contributed by atoms with Crippen LogP contribution in [-0.2, 0) is 0 Å². The summed E-state index contributed by atoms with van der Waals surface area (Å²) in [6.45, 7) is 0. The fourth-order valence-electron chi connectivity index (χ4n) is 2.83. The summed E-state index contributed by atoms with van der Waals surface area (Å²) in [7, 11) is 5.70. The summed E-state index contributed by atoms with van der Waals surface area (Å²) in [5, 5.41) is 20.1. The predicted molar refractivity (Wildman–Crippen MR) is 97.5 cm³/mol. The Balaban J connectivity index is 2.32. The van der Waals surface area contributed by atoms with Gasteiger partial charge in [-0.25, -0.2) is 0 Å². The molecule has 0 bridgehead atoms. The zero-order valence-corrected chi connectivity index (χ0v) is 15.2. The molecule has 8 nitrogen and oxygen atoms in total. The number of ether oxygens (including phenoxy) is 4. The van der Waals surface area contributed by atoms with Crippen LogP contribution in [0.2, 0.25) is 0 Å². The molecular weight excluding hydrogens is 356 g/mol. The van der Waals surface area contributed by atoms with E-state index in [4.69, 9.17) is 23.4 Å². The first-order valence-corrected chi connectivity index (χ1v) is 7.82. The minimum atomic E-state index is -0.515. The molecule has 0 amide bonds. The highest BCUT2D eigenvalue weighted by Gasteiger charge is 2.21. The number of phenolic OH excluding ortho intramolecular Hbond substituents is 2. The van der Waals surface area contributed by atoms with E-state index in [1.807, 2.05) is 0 Å². The summed E-state index contributed by atoms with van der Waals surface area (Å²) in [5.41, 5.74) is -0.0898. The van der Waals surface area contributed by atoms with Gasteiger partial charge in [0, 0.05) is 18.2 Å². The molecule has 27 heavy (non-hydrogen) atoms. The van der Waals surface area contributed by atoms with Crippen LogP contribution in [0.25, 0.3) is 22.3 Å². The van der Waals surface area contributed by atoms with Gasteiger partial charge in [0.05, 0.1) is 34.0 Å². The average molecular weight is 374 g/mol. The van der Waals surface area contributed by atoms with E-state index in [1.165, 1.54) is 40.6 Å². The number of phenols is 2. The summed E-state index contributed by atoms with van der Waals surface area (Å²) in [5.74, 6) is 0.351. The van der Waals surface area contributed by atoms with E-state index in [9.17, 15) is 15.0 Å². The topological polar surface area (TPSA) is 108 Å². The van der Waals surface area contributed by atoms with Gasteiger partial charge in [-0.1, -0.05) is 0 Å². The van der Waals surface area contributed by atoms with E-state index in [0.717, 1.165) is 0 Å². The minimum Gasteiger partial charge on any atom is -0.504 e. The number of hydrogen-bond donors (Lipinski definition) is 2. The third kappa shape index (κ3) is 2.95. The smallest absolute Gasteiger partial charge is 0.203 e. The van der Waals surface area contributed by atoms with Gasteiger partial charge in [-0.05, 0) is 6.07 Å². The normalized spacial score (nSPS) is 10.7. The lowest BCUT2D eigenvalue weighted by Gasteiger charge is -2.14. The molecule has 8 heteroatoms. The fourth-order valence-corrected chi connectivity index (χ4v) is 2.83. The van der Waals surface area contributed by atoms with Crippen LogP contribution >= 0.6 is 0 Å². The molecule has 0 fully saturated rings. The maximum Gasteiger partial charge on any atom is 0.203 e. The van der Waals surface area contributed by atoms with Crippen molar-refractivity contribution in [3.8, 4) is 45.8 Å². The van der Waals surface area contributed by atoms with Crippen LogP contribution in [0, 0.1) is 0 Å². The lowest BCUT2D eigenvalue weighted by atomic mass is 10.1. The van der Waals surface area contributed by atoms with Crippen molar-refractivity contribution in [2.75, 3.05) is 28.4 Å². The van der Waals surface area contributed by atoms with Gasteiger partial charge in [-0.15, -0.1) is 0 Å². The van der Waals surface area contributed by atoms with Crippen LogP contribution in [-0.4, -0.2) is 38.7 Å². The number of rotatable bonds is 5. The molecule has 0 aliphatic heterocycles. The van der Waals surface area contributed by atoms with Crippen molar-refractivity contribution in [2.45, 2.75) is 0 Å². The molecule has 0 spiro atoms. The predicted octanol–water partition coefficient (Wildman–Crippen LogP) is 2.91. The monoisotopic (exact) mass is 374 g/mol. The molecule has 0 atom stereocenters.